The smallest absolute Gasteiger partial charge is 0.277 e. The van der Waals surface area contributed by atoms with Crippen LogP contribution in [-0.4, -0.2) is 40.3 Å². The van der Waals surface area contributed by atoms with E-state index in [1.54, 1.807) is 43.6 Å². The van der Waals surface area contributed by atoms with Crippen molar-refractivity contribution in [2.24, 2.45) is 10.9 Å². The summed E-state index contributed by atoms with van der Waals surface area (Å²) in [6, 6.07) is 13.3. The molecule has 33 heavy (non-hydrogen) atoms. The highest BCUT2D eigenvalue weighted by Crippen LogP contribution is 2.33. The summed E-state index contributed by atoms with van der Waals surface area (Å²) in [5.74, 6) is 1.76. The van der Waals surface area contributed by atoms with Gasteiger partial charge < -0.3 is 29.7 Å². The second kappa shape index (κ2) is 9.27. The Hall–Kier alpha value is -4.60. The van der Waals surface area contributed by atoms with E-state index in [0.717, 1.165) is 5.56 Å². The molecule has 10 nitrogen and oxygen atoms in total. The van der Waals surface area contributed by atoms with E-state index in [1.807, 2.05) is 19.1 Å². The maximum atomic E-state index is 10.1. The Morgan fingerprint density at radius 2 is 1.82 bits per heavy atom. The minimum Gasteiger partial charge on any atom is -0.507 e. The van der Waals surface area contributed by atoms with Crippen LogP contribution in [0.3, 0.4) is 0 Å². The van der Waals surface area contributed by atoms with E-state index >= 15 is 0 Å². The van der Waals surface area contributed by atoms with Crippen LogP contribution in [0.25, 0.3) is 23.0 Å². The molecular formula is C23H21N5O5. The summed E-state index contributed by atoms with van der Waals surface area (Å²) in [4.78, 5) is 14.4. The lowest BCUT2D eigenvalue weighted by Crippen LogP contribution is -2.15. The fourth-order valence-corrected chi connectivity index (χ4v) is 3.02. The first-order valence-electron chi connectivity index (χ1n) is 9.82. The van der Waals surface area contributed by atoms with Crippen LogP contribution < -0.4 is 20.0 Å². The maximum absolute atomic E-state index is 10.1. The molecule has 0 radical (unpaired) electrons. The summed E-state index contributed by atoms with van der Waals surface area (Å²) in [6.45, 7) is 1.90. The Labute approximate surface area is 189 Å². The number of ether oxygens (including phenoxy) is 2. The summed E-state index contributed by atoms with van der Waals surface area (Å²) in [5, 5.41) is 18.1. The number of hydrogen-bond donors (Lipinski definition) is 2. The number of methoxy groups -OCH3 is 2. The van der Waals surface area contributed by atoms with Crippen molar-refractivity contribution in [1.29, 1.82) is 0 Å². The van der Waals surface area contributed by atoms with Crippen molar-refractivity contribution in [3.8, 4) is 46.0 Å². The van der Waals surface area contributed by atoms with Gasteiger partial charge in [-0.15, -0.1) is 0 Å². The first-order valence-corrected chi connectivity index (χ1v) is 9.82. The van der Waals surface area contributed by atoms with Gasteiger partial charge in [0.05, 0.1) is 25.3 Å². The average molecular weight is 447 g/mol. The molecule has 0 saturated heterocycles. The number of phenols is 1. The number of oxime groups is 1. The van der Waals surface area contributed by atoms with Gasteiger partial charge >= 0.3 is 0 Å². The van der Waals surface area contributed by atoms with Gasteiger partial charge in [-0.2, -0.15) is 4.98 Å². The van der Waals surface area contributed by atoms with Crippen LogP contribution in [0, 0.1) is 6.92 Å². The van der Waals surface area contributed by atoms with Gasteiger partial charge in [-0.3, -0.25) is 4.98 Å². The standard InChI is InChI=1S/C23H21N5O5/c1-13-5-4-10-25-20(13)23-26-22(28-33-23)17-12-15(31-3)7-9-19(17)32-27-21(24)16-11-14(30-2)6-8-18(16)29/h4-12,29H,1-3H3,(H2,24,27). The van der Waals surface area contributed by atoms with Gasteiger partial charge in [0.15, 0.2) is 11.6 Å². The molecule has 4 rings (SSSR count). The lowest BCUT2D eigenvalue weighted by Gasteiger charge is -2.09. The number of nitrogens with two attached hydrogens (primary N) is 1. The maximum Gasteiger partial charge on any atom is 0.277 e. The highest BCUT2D eigenvalue weighted by atomic mass is 16.6. The number of phenolic OH excluding ortho intramolecular Hbond substituents is 1. The summed E-state index contributed by atoms with van der Waals surface area (Å²) < 4.78 is 15.9. The molecule has 168 valence electrons. The molecule has 4 aromatic rings. The van der Waals surface area contributed by atoms with Crippen molar-refractivity contribution in [1.82, 2.24) is 15.1 Å². The number of aromatic nitrogens is 3. The highest BCUT2D eigenvalue weighted by molar-refractivity contribution is 6.00. The van der Waals surface area contributed by atoms with E-state index in [9.17, 15) is 5.11 Å². The molecule has 2 aromatic carbocycles. The third kappa shape index (κ3) is 4.54. The number of amidine groups is 1. The van der Waals surface area contributed by atoms with E-state index in [2.05, 4.69) is 20.3 Å². The number of hydrogen-bond acceptors (Lipinski definition) is 9. The van der Waals surface area contributed by atoms with Gasteiger partial charge in [0, 0.05) is 6.20 Å². The molecule has 0 aliphatic heterocycles. The van der Waals surface area contributed by atoms with Crippen LogP contribution >= 0.6 is 0 Å². The van der Waals surface area contributed by atoms with Gasteiger partial charge in [-0.25, -0.2) is 0 Å². The lowest BCUT2D eigenvalue weighted by molar-refractivity contribution is 0.340. The number of aryl methyl sites for hydroxylation is 1. The van der Waals surface area contributed by atoms with Crippen molar-refractivity contribution >= 4 is 5.84 Å². The molecule has 10 heteroatoms. The number of aromatic hydroxyl groups is 1. The van der Waals surface area contributed by atoms with Crippen LogP contribution in [0.15, 0.2) is 64.4 Å². The van der Waals surface area contributed by atoms with Gasteiger partial charge in [0.2, 0.25) is 5.82 Å². The fraction of sp³-hybridized carbons (Fsp3) is 0.130. The molecule has 0 saturated carbocycles. The first kappa shape index (κ1) is 21.6. The third-order valence-electron chi connectivity index (χ3n) is 4.79. The molecule has 0 unspecified atom stereocenters. The van der Waals surface area contributed by atoms with E-state index in [1.165, 1.54) is 13.2 Å². The fourth-order valence-electron chi connectivity index (χ4n) is 3.02. The van der Waals surface area contributed by atoms with Crippen molar-refractivity contribution in [3.63, 3.8) is 0 Å². The number of pyridine rings is 1. The van der Waals surface area contributed by atoms with Crippen LogP contribution in [0.1, 0.15) is 11.1 Å². The number of rotatable bonds is 7. The third-order valence-corrected chi connectivity index (χ3v) is 4.79. The van der Waals surface area contributed by atoms with E-state index < -0.39 is 0 Å². The molecule has 0 atom stereocenters. The molecule has 0 aliphatic rings. The SMILES string of the molecule is COc1ccc(O)c(C(N)=NOc2ccc(OC)cc2-c2noc(-c3ncccc3C)n2)c1. The Morgan fingerprint density at radius 3 is 2.58 bits per heavy atom. The van der Waals surface area contributed by atoms with E-state index in [4.69, 9.17) is 24.6 Å². The zero-order valence-corrected chi connectivity index (χ0v) is 18.1. The minimum atomic E-state index is -0.0656. The first-order chi connectivity index (χ1) is 16.0. The summed E-state index contributed by atoms with van der Waals surface area (Å²) in [6.07, 6.45) is 1.65. The Balaban J connectivity index is 1.69. The normalized spacial score (nSPS) is 11.3. The van der Waals surface area contributed by atoms with Crippen LogP contribution in [0.5, 0.6) is 23.0 Å². The predicted octanol–water partition coefficient (Wildman–Crippen LogP) is 3.53. The van der Waals surface area contributed by atoms with Gasteiger partial charge in [0.1, 0.15) is 22.9 Å². The predicted molar refractivity (Wildman–Crippen MR) is 120 cm³/mol. The van der Waals surface area contributed by atoms with E-state index in [-0.39, 0.29) is 28.9 Å². The molecule has 0 bridgehead atoms. The van der Waals surface area contributed by atoms with Crippen molar-refractivity contribution in [2.45, 2.75) is 6.92 Å². The second-order valence-corrected chi connectivity index (χ2v) is 6.91. The molecule has 0 aliphatic carbocycles. The molecule has 3 N–H and O–H groups in total. The molecule has 2 aromatic heterocycles. The Bertz CT molecular complexity index is 1320. The van der Waals surface area contributed by atoms with Crippen molar-refractivity contribution < 1.29 is 23.9 Å². The van der Waals surface area contributed by atoms with Gasteiger partial charge in [-0.05, 0) is 55.0 Å². The van der Waals surface area contributed by atoms with Crippen molar-refractivity contribution in [3.05, 3.63) is 65.9 Å². The number of benzene rings is 2. The zero-order valence-electron chi connectivity index (χ0n) is 18.1. The Morgan fingerprint density at radius 1 is 1.06 bits per heavy atom. The largest absolute Gasteiger partial charge is 0.507 e. The van der Waals surface area contributed by atoms with Gasteiger partial charge in [-0.1, -0.05) is 16.4 Å². The topological polar surface area (TPSA) is 138 Å². The zero-order chi connectivity index (χ0) is 23.4. The van der Waals surface area contributed by atoms with Crippen molar-refractivity contribution in [2.75, 3.05) is 14.2 Å². The second-order valence-electron chi connectivity index (χ2n) is 6.91. The minimum absolute atomic E-state index is 0.0499. The van der Waals surface area contributed by atoms with Crippen LogP contribution in [0.4, 0.5) is 0 Å². The van der Waals surface area contributed by atoms with Gasteiger partial charge in [0.25, 0.3) is 5.89 Å². The lowest BCUT2D eigenvalue weighted by atomic mass is 10.1. The van der Waals surface area contributed by atoms with Crippen LogP contribution in [-0.2, 0) is 0 Å². The quantitative estimate of drug-likeness (QED) is 0.247. The van der Waals surface area contributed by atoms with Crippen LogP contribution in [0.2, 0.25) is 0 Å². The average Bonchev–Trinajstić information content (AvgIpc) is 3.33. The summed E-state index contributed by atoms with van der Waals surface area (Å²) in [7, 11) is 3.05. The monoisotopic (exact) mass is 447 g/mol. The number of nitrogens with zero attached hydrogens (tertiary/aromatic N) is 4. The van der Waals surface area contributed by atoms with E-state index in [0.29, 0.717) is 28.5 Å². The highest BCUT2D eigenvalue weighted by Gasteiger charge is 2.18. The molecular weight excluding hydrogens is 426 g/mol. The molecule has 0 amide bonds. The molecule has 2 heterocycles. The summed E-state index contributed by atoms with van der Waals surface area (Å²) in [5.41, 5.74) is 8.23. The molecule has 0 fully saturated rings. The Kier molecular flexibility index (Phi) is 6.07. The summed E-state index contributed by atoms with van der Waals surface area (Å²) >= 11 is 0. The molecule has 0 spiro atoms.